The van der Waals surface area contributed by atoms with E-state index >= 15 is 0 Å². The van der Waals surface area contributed by atoms with Gasteiger partial charge in [-0.2, -0.15) is 0 Å². The Morgan fingerprint density at radius 1 is 0.755 bits per heavy atom. The second-order valence-corrected chi connectivity index (χ2v) is 14.6. The summed E-state index contributed by atoms with van der Waals surface area (Å²) in [5, 5.41) is 13.5. The minimum atomic E-state index is -0.337. The molecule has 1 N–H and O–H groups in total. The molecule has 0 saturated heterocycles. The van der Waals surface area contributed by atoms with Gasteiger partial charge in [-0.25, -0.2) is 4.98 Å². The van der Waals surface area contributed by atoms with Crippen LogP contribution in [0.3, 0.4) is 0 Å². The quantitative estimate of drug-likeness (QED) is 0.0695. The van der Waals surface area contributed by atoms with Gasteiger partial charge in [0.05, 0.1) is 5.52 Å². The number of ketones is 1. The van der Waals surface area contributed by atoms with Crippen LogP contribution in [0.15, 0.2) is 91.0 Å². The van der Waals surface area contributed by atoms with Crippen molar-refractivity contribution in [2.24, 2.45) is 10.8 Å². The number of carbonyl (C=O) groups is 1. The van der Waals surface area contributed by atoms with Crippen molar-refractivity contribution in [1.82, 2.24) is 9.97 Å². The number of allylic oxidation sites excluding steroid dienone is 2. The van der Waals surface area contributed by atoms with Crippen molar-refractivity contribution < 1.29 is 30.0 Å². The molecule has 1 heterocycles. The molecule has 0 amide bonds. The number of benzene rings is 4. The van der Waals surface area contributed by atoms with Crippen LogP contribution in [0.1, 0.15) is 99.1 Å². The zero-order valence-electron chi connectivity index (χ0n) is 31.0. The molecule has 49 heavy (non-hydrogen) atoms. The van der Waals surface area contributed by atoms with E-state index in [0.29, 0.717) is 0 Å². The summed E-state index contributed by atoms with van der Waals surface area (Å²) in [5.41, 5.74) is 7.26. The van der Waals surface area contributed by atoms with Crippen molar-refractivity contribution in [3.63, 3.8) is 0 Å². The third-order valence-electron chi connectivity index (χ3n) is 10.5. The van der Waals surface area contributed by atoms with Crippen molar-refractivity contribution in [3.05, 3.63) is 108 Å². The molecule has 4 nitrogen and oxygen atoms in total. The molecule has 4 aromatic carbocycles. The fourth-order valence-corrected chi connectivity index (χ4v) is 5.84. The number of aromatic nitrogens is 2. The van der Waals surface area contributed by atoms with Crippen LogP contribution in [0.25, 0.3) is 44.1 Å². The van der Waals surface area contributed by atoms with E-state index in [-0.39, 0.29) is 47.9 Å². The van der Waals surface area contributed by atoms with E-state index in [4.69, 9.17) is 0 Å². The summed E-state index contributed by atoms with van der Waals surface area (Å²) < 4.78 is 0. The number of aryl methyl sites for hydroxylation is 1. The van der Waals surface area contributed by atoms with Crippen LogP contribution in [0.4, 0.5) is 0 Å². The molecule has 0 atom stereocenters. The summed E-state index contributed by atoms with van der Waals surface area (Å²) in [6, 6.07) is 29.3. The standard InChI is InChI=1S/C29H25N2.C15H28O2.Ir/c1-19-14-23(17-24(15-19)29(2,3)4)27-26-13-11-22-16-21(20-8-6-5-7-9-20)10-12-25(22)28(26)31-18-30-27;1-7-14(5,8-2)12(16)11-13(17)15(6,9-3)10-4;/h5-13,15-18H,1-4H3;11,16H,7-10H2,1-6H3;/q-1;;/b;12-11-;. The Morgan fingerprint density at radius 2 is 1.37 bits per heavy atom. The van der Waals surface area contributed by atoms with Gasteiger partial charge in [0, 0.05) is 42.4 Å². The van der Waals surface area contributed by atoms with Crippen molar-refractivity contribution in [3.8, 4) is 22.4 Å². The van der Waals surface area contributed by atoms with Gasteiger partial charge in [0.25, 0.3) is 0 Å². The number of carbonyl (C=O) groups excluding carboxylic acids is 1. The van der Waals surface area contributed by atoms with Gasteiger partial charge in [0.15, 0.2) is 5.78 Å². The monoisotopic (exact) mass is 834 g/mol. The maximum absolute atomic E-state index is 12.2. The van der Waals surface area contributed by atoms with Crippen LogP contribution in [0.5, 0.6) is 0 Å². The normalized spacial score (nSPS) is 12.3. The van der Waals surface area contributed by atoms with E-state index in [0.717, 1.165) is 58.8 Å². The largest absolute Gasteiger partial charge is 0.512 e. The Labute approximate surface area is 307 Å². The first-order valence-corrected chi connectivity index (χ1v) is 17.4. The molecular formula is C44H53IrN2O2-. The summed E-state index contributed by atoms with van der Waals surface area (Å²) in [7, 11) is 0. The number of nitrogens with zero attached hydrogens (tertiary/aromatic N) is 2. The Hall–Kier alpha value is -3.66. The summed E-state index contributed by atoms with van der Waals surface area (Å²) in [5.74, 6) is 0.286. The molecular weight excluding hydrogens is 781 g/mol. The fraction of sp³-hybridized carbons (Fsp3) is 0.386. The Kier molecular flexibility index (Phi) is 13.3. The van der Waals surface area contributed by atoms with E-state index in [1.165, 1.54) is 28.2 Å². The Balaban J connectivity index is 0.000000312. The molecule has 0 saturated carbocycles. The summed E-state index contributed by atoms with van der Waals surface area (Å²) in [6.45, 7) is 20.9. The predicted molar refractivity (Wildman–Crippen MR) is 203 cm³/mol. The van der Waals surface area contributed by atoms with Gasteiger partial charge in [0.2, 0.25) is 0 Å². The fourth-order valence-electron chi connectivity index (χ4n) is 5.84. The number of hydrogen-bond acceptors (Lipinski definition) is 4. The van der Waals surface area contributed by atoms with Gasteiger partial charge in [-0.05, 0) is 64.8 Å². The van der Waals surface area contributed by atoms with Gasteiger partial charge in [-0.1, -0.05) is 124 Å². The molecule has 0 unspecified atom stereocenters. The summed E-state index contributed by atoms with van der Waals surface area (Å²) >= 11 is 0. The van der Waals surface area contributed by atoms with Crippen LogP contribution >= 0.6 is 0 Å². The van der Waals surface area contributed by atoms with Crippen LogP contribution in [-0.4, -0.2) is 20.9 Å². The van der Waals surface area contributed by atoms with Gasteiger partial charge >= 0.3 is 0 Å². The SMILES string of the molecule is CCC(C)(CC)C(=O)/C=C(\O)C(C)(CC)CC.Cc1[c-]c(-c2ncnc3c2ccc2cc(-c4ccccc4)ccc23)cc(C(C)(C)C)c1.[Ir]. The number of aliphatic hydroxyl groups is 1. The molecule has 5 heteroatoms. The smallest absolute Gasteiger partial charge is 0.164 e. The van der Waals surface area contributed by atoms with Crippen LogP contribution in [-0.2, 0) is 30.3 Å². The topological polar surface area (TPSA) is 63.1 Å². The number of rotatable bonds is 9. The predicted octanol–water partition coefficient (Wildman–Crippen LogP) is 12.2. The average molecular weight is 834 g/mol. The zero-order chi connectivity index (χ0) is 35.3. The molecule has 1 aromatic heterocycles. The van der Waals surface area contributed by atoms with Crippen molar-refractivity contribution in [2.45, 2.75) is 100 Å². The first-order chi connectivity index (χ1) is 22.7. The van der Waals surface area contributed by atoms with Crippen molar-refractivity contribution in [2.75, 3.05) is 0 Å². The summed E-state index contributed by atoms with van der Waals surface area (Å²) in [4.78, 5) is 21.5. The van der Waals surface area contributed by atoms with Crippen LogP contribution in [0.2, 0.25) is 0 Å². The molecule has 0 aliphatic heterocycles. The van der Waals surface area contributed by atoms with E-state index in [1.54, 1.807) is 6.33 Å². The van der Waals surface area contributed by atoms with Crippen molar-refractivity contribution in [1.29, 1.82) is 0 Å². The van der Waals surface area contributed by atoms with E-state index in [2.05, 4.69) is 110 Å². The third kappa shape index (κ3) is 8.93. The summed E-state index contributed by atoms with van der Waals surface area (Å²) in [6.07, 6.45) is 6.43. The average Bonchev–Trinajstić information content (AvgIpc) is 3.10. The Bertz CT molecular complexity index is 1910. The maximum atomic E-state index is 12.2. The minimum Gasteiger partial charge on any atom is -0.512 e. The molecule has 5 rings (SSSR count). The molecule has 0 aliphatic rings. The van der Waals surface area contributed by atoms with E-state index < -0.39 is 0 Å². The molecule has 0 aliphatic carbocycles. The zero-order valence-corrected chi connectivity index (χ0v) is 33.4. The minimum absolute atomic E-state index is 0. The maximum Gasteiger partial charge on any atom is 0.164 e. The molecule has 0 bridgehead atoms. The third-order valence-corrected chi connectivity index (χ3v) is 10.5. The number of hydrogen-bond donors (Lipinski definition) is 1. The van der Waals surface area contributed by atoms with Crippen LogP contribution in [0, 0.1) is 23.8 Å². The molecule has 0 spiro atoms. The molecule has 0 fully saturated rings. The van der Waals surface area contributed by atoms with Gasteiger partial charge in [0.1, 0.15) is 12.1 Å². The molecule has 1 radical (unpaired) electrons. The second-order valence-electron chi connectivity index (χ2n) is 14.6. The van der Waals surface area contributed by atoms with Gasteiger partial charge < -0.3 is 5.11 Å². The first kappa shape index (κ1) is 39.8. The molecule has 5 aromatic rings. The first-order valence-electron chi connectivity index (χ1n) is 17.4. The second kappa shape index (κ2) is 16.4. The van der Waals surface area contributed by atoms with Crippen LogP contribution < -0.4 is 0 Å². The number of aliphatic hydroxyl groups excluding tert-OH is 1. The van der Waals surface area contributed by atoms with Gasteiger partial charge in [-0.15, -0.1) is 34.9 Å². The van der Waals surface area contributed by atoms with Crippen molar-refractivity contribution >= 4 is 27.5 Å². The van der Waals surface area contributed by atoms with E-state index in [1.807, 2.05) is 47.6 Å². The van der Waals surface area contributed by atoms with Gasteiger partial charge in [-0.3, -0.25) is 9.78 Å². The molecule has 261 valence electrons. The number of fused-ring (bicyclic) bond motifs is 3. The Morgan fingerprint density at radius 3 is 1.96 bits per heavy atom. The van der Waals surface area contributed by atoms with E-state index in [9.17, 15) is 9.90 Å².